The number of aromatic nitrogens is 2. The van der Waals surface area contributed by atoms with Crippen molar-refractivity contribution in [2.75, 3.05) is 0 Å². The number of aryl methyl sites for hydroxylation is 1. The van der Waals surface area contributed by atoms with Gasteiger partial charge >= 0.3 is 0 Å². The molecule has 0 N–H and O–H groups in total. The van der Waals surface area contributed by atoms with Gasteiger partial charge in [-0.25, -0.2) is 10.3 Å². The minimum Gasteiger partial charge on any atom is -0.340 e. The van der Waals surface area contributed by atoms with Gasteiger partial charge in [-0.05, 0) is 6.92 Å². The third-order valence-corrected chi connectivity index (χ3v) is 1.49. The predicted molar refractivity (Wildman–Crippen MR) is 45.0 cm³/mol. The maximum Gasteiger partial charge on any atom is 0.203 e. The number of imidazole rings is 1. The van der Waals surface area contributed by atoms with Gasteiger partial charge in [-0.2, -0.15) is 0 Å². The van der Waals surface area contributed by atoms with Crippen molar-refractivity contribution in [3.63, 3.8) is 0 Å². The van der Waals surface area contributed by atoms with Crippen molar-refractivity contribution < 1.29 is 0 Å². The number of hydrogen-bond acceptors (Lipinski definition) is 3. The van der Waals surface area contributed by atoms with Gasteiger partial charge in [0.2, 0.25) is 5.84 Å². The van der Waals surface area contributed by atoms with E-state index in [1.54, 1.807) is 13.3 Å². The van der Waals surface area contributed by atoms with Crippen LogP contribution < -0.4 is 5.32 Å². The Bertz CT molecular complexity index is 360. The molecule has 0 saturated heterocycles. The van der Waals surface area contributed by atoms with Gasteiger partial charge in [0.1, 0.15) is 5.69 Å². The fraction of sp³-hybridized carbons (Fsp3) is 0.286. The van der Waals surface area contributed by atoms with Gasteiger partial charge in [-0.3, -0.25) is 0 Å². The van der Waals surface area contributed by atoms with Gasteiger partial charge < -0.3 is 4.57 Å². The molecule has 2 heterocycles. The van der Waals surface area contributed by atoms with Crippen LogP contribution in [0.25, 0.3) is 0 Å². The minimum atomic E-state index is 0.591. The molecule has 0 spiro atoms. The summed E-state index contributed by atoms with van der Waals surface area (Å²) < 4.78 is 1.85. The van der Waals surface area contributed by atoms with Gasteiger partial charge in [0.15, 0.2) is 5.84 Å². The highest BCUT2D eigenvalue weighted by molar-refractivity contribution is 6.09. The summed E-state index contributed by atoms with van der Waals surface area (Å²) in [5.41, 5.74) is 0.762. The Balaban J connectivity index is 2.24. The molecule has 0 amide bonds. The molecule has 12 heavy (non-hydrogen) atoms. The third kappa shape index (κ3) is 1.09. The summed E-state index contributed by atoms with van der Waals surface area (Å²) in [5, 5.41) is 11.8. The second kappa shape index (κ2) is 2.44. The van der Waals surface area contributed by atoms with E-state index < -0.39 is 0 Å². The molecule has 5 heteroatoms. The van der Waals surface area contributed by atoms with Crippen LogP contribution in [0.4, 0.5) is 0 Å². The van der Waals surface area contributed by atoms with Crippen LogP contribution in [-0.2, 0) is 7.05 Å². The van der Waals surface area contributed by atoms with Crippen LogP contribution in [0.2, 0.25) is 0 Å². The molecular weight excluding hydrogens is 154 g/mol. The highest BCUT2D eigenvalue weighted by Gasteiger charge is 2.13. The molecule has 0 atom stereocenters. The predicted octanol–water partition coefficient (Wildman–Crippen LogP) is 0.118. The molecule has 1 radical (unpaired) electrons. The minimum absolute atomic E-state index is 0.591. The van der Waals surface area contributed by atoms with Crippen LogP contribution in [0, 0.1) is 0 Å². The zero-order valence-corrected chi connectivity index (χ0v) is 6.89. The highest BCUT2D eigenvalue weighted by atomic mass is 15.3. The second-order valence-electron chi connectivity index (χ2n) is 2.61. The van der Waals surface area contributed by atoms with E-state index in [2.05, 4.69) is 20.5 Å². The van der Waals surface area contributed by atoms with Crippen molar-refractivity contribution in [1.29, 1.82) is 0 Å². The smallest absolute Gasteiger partial charge is 0.203 e. The van der Waals surface area contributed by atoms with Crippen molar-refractivity contribution in [3.8, 4) is 0 Å². The van der Waals surface area contributed by atoms with Gasteiger partial charge in [-0.1, -0.05) is 0 Å². The molecule has 5 nitrogen and oxygen atoms in total. The Morgan fingerprint density at radius 3 is 2.67 bits per heavy atom. The van der Waals surface area contributed by atoms with Crippen LogP contribution in [0.5, 0.6) is 0 Å². The molecule has 0 fully saturated rings. The number of hydrogen-bond donors (Lipinski definition) is 0. The molecule has 2 rings (SSSR count). The van der Waals surface area contributed by atoms with Crippen LogP contribution >= 0.6 is 0 Å². The third-order valence-electron chi connectivity index (χ3n) is 1.49. The fourth-order valence-electron chi connectivity index (χ4n) is 0.954. The topological polar surface area (TPSA) is 56.6 Å². The molecule has 0 aromatic carbocycles. The largest absolute Gasteiger partial charge is 0.340 e. The van der Waals surface area contributed by atoms with E-state index in [9.17, 15) is 0 Å². The van der Waals surface area contributed by atoms with Gasteiger partial charge in [0, 0.05) is 13.2 Å². The monoisotopic (exact) mass is 162 g/mol. The summed E-state index contributed by atoms with van der Waals surface area (Å²) in [6, 6.07) is 0. The van der Waals surface area contributed by atoms with E-state index >= 15 is 0 Å². The first-order valence-corrected chi connectivity index (χ1v) is 3.58. The normalized spacial score (nSPS) is 15.5. The average Bonchev–Trinajstić information content (AvgIpc) is 2.58. The van der Waals surface area contributed by atoms with Crippen molar-refractivity contribution in [1.82, 2.24) is 14.9 Å². The summed E-state index contributed by atoms with van der Waals surface area (Å²) in [7, 11) is 1.90. The summed E-state index contributed by atoms with van der Waals surface area (Å²) in [4.78, 5) is 4.10. The molecule has 0 saturated carbocycles. The molecule has 1 aromatic rings. The quantitative estimate of drug-likeness (QED) is 0.578. The Hall–Kier alpha value is -1.65. The molecule has 61 valence electrons. The van der Waals surface area contributed by atoms with E-state index in [1.807, 2.05) is 17.8 Å². The first-order valence-electron chi connectivity index (χ1n) is 3.58. The van der Waals surface area contributed by atoms with Crippen molar-refractivity contribution in [2.45, 2.75) is 6.92 Å². The van der Waals surface area contributed by atoms with E-state index in [-0.39, 0.29) is 0 Å². The standard InChI is InChI=1S/C7H8N5/c1-5-9-7(11-10-5)6-3-12(2)4-8-6/h3-4H,1-2H3. The first kappa shape index (κ1) is 7.02. The SMILES string of the molecule is CC1=NN=C(c2cn(C)cn2)[N]1. The summed E-state index contributed by atoms with van der Waals surface area (Å²) in [6.45, 7) is 1.80. The Morgan fingerprint density at radius 1 is 1.33 bits per heavy atom. The van der Waals surface area contributed by atoms with Gasteiger partial charge in [0.25, 0.3) is 0 Å². The van der Waals surface area contributed by atoms with Crippen LogP contribution in [0.3, 0.4) is 0 Å². The Morgan fingerprint density at radius 2 is 2.17 bits per heavy atom. The number of rotatable bonds is 1. The summed E-state index contributed by atoms with van der Waals surface area (Å²) in [6.07, 6.45) is 3.57. The zero-order valence-electron chi connectivity index (χ0n) is 6.89. The lowest BCUT2D eigenvalue weighted by atomic mass is 10.4. The lowest BCUT2D eigenvalue weighted by molar-refractivity contribution is 0.913. The first-order chi connectivity index (χ1) is 5.75. The van der Waals surface area contributed by atoms with Crippen LogP contribution in [0.1, 0.15) is 12.6 Å². The van der Waals surface area contributed by atoms with Crippen LogP contribution in [-0.4, -0.2) is 21.2 Å². The van der Waals surface area contributed by atoms with Crippen molar-refractivity contribution in [3.05, 3.63) is 18.2 Å². The lowest BCUT2D eigenvalue weighted by Crippen LogP contribution is -2.16. The van der Waals surface area contributed by atoms with E-state index in [4.69, 9.17) is 0 Å². The van der Waals surface area contributed by atoms with Crippen LogP contribution in [0.15, 0.2) is 22.7 Å². The molecule has 0 bridgehead atoms. The molecule has 1 aliphatic heterocycles. The van der Waals surface area contributed by atoms with Crippen molar-refractivity contribution >= 4 is 11.7 Å². The number of nitrogens with zero attached hydrogens (tertiary/aromatic N) is 5. The maximum atomic E-state index is 4.10. The van der Waals surface area contributed by atoms with Crippen molar-refractivity contribution in [2.24, 2.45) is 17.3 Å². The Kier molecular flexibility index (Phi) is 1.43. The van der Waals surface area contributed by atoms with E-state index in [1.165, 1.54) is 0 Å². The molecule has 1 aromatic heterocycles. The van der Waals surface area contributed by atoms with Gasteiger partial charge in [0.05, 0.1) is 6.33 Å². The zero-order chi connectivity index (χ0) is 8.55. The average molecular weight is 162 g/mol. The molecule has 0 aliphatic carbocycles. The Labute approximate surface area is 69.8 Å². The van der Waals surface area contributed by atoms with E-state index in [0.717, 1.165) is 5.69 Å². The molecule has 0 unspecified atom stereocenters. The summed E-state index contributed by atoms with van der Waals surface area (Å²) >= 11 is 0. The molecule has 1 aliphatic rings. The lowest BCUT2D eigenvalue weighted by Gasteiger charge is -1.91. The maximum absolute atomic E-state index is 4.10. The van der Waals surface area contributed by atoms with Gasteiger partial charge in [-0.15, -0.1) is 10.2 Å². The second-order valence-corrected chi connectivity index (χ2v) is 2.61. The van der Waals surface area contributed by atoms with E-state index in [0.29, 0.717) is 11.7 Å². The number of amidine groups is 2. The highest BCUT2D eigenvalue weighted by Crippen LogP contribution is 2.01. The molecular formula is C7H8N5. The fourth-order valence-corrected chi connectivity index (χ4v) is 0.954. The summed E-state index contributed by atoms with van der Waals surface area (Å²) in [5.74, 6) is 1.27.